The standard InChI is InChI=1S/C35H50N6O8.C2H6.CH3NO/c1-35(2,3)49-34(44)40-14-12-39(13-15-40)16-18-46-20-22-47-21-19-45-17-10-38-32(42)26-48-29-6-7-30-27(8-9-37-31(30)24-29)23-33(43)41-11-4-5-28(41)25-36;1-2;2-1-3/h6-9,24,28H,4-5,10-23,26H2,1-3H3,(H,38,42);1-2H3;1H,(H2,2,3). The zero-order valence-electron chi connectivity index (χ0n) is 32.5. The average Bonchev–Trinajstić information content (AvgIpc) is 3.65. The molecule has 300 valence electrons. The van der Waals surface area contributed by atoms with Gasteiger partial charge >= 0.3 is 6.09 Å². The van der Waals surface area contributed by atoms with Gasteiger partial charge in [0.15, 0.2) is 6.61 Å². The van der Waals surface area contributed by atoms with Gasteiger partial charge in [0.05, 0.1) is 57.6 Å². The molecule has 0 saturated carbocycles. The van der Waals surface area contributed by atoms with Crippen molar-refractivity contribution >= 4 is 35.2 Å². The van der Waals surface area contributed by atoms with Crippen LogP contribution in [0.2, 0.25) is 0 Å². The van der Waals surface area contributed by atoms with Crippen LogP contribution in [0.25, 0.3) is 10.9 Å². The highest BCUT2D eigenvalue weighted by Gasteiger charge is 2.29. The minimum absolute atomic E-state index is 0.0628. The summed E-state index contributed by atoms with van der Waals surface area (Å²) in [5, 5.41) is 12.9. The van der Waals surface area contributed by atoms with Crippen LogP contribution in [0.5, 0.6) is 5.75 Å². The van der Waals surface area contributed by atoms with E-state index in [0.717, 1.165) is 43.4 Å². The minimum Gasteiger partial charge on any atom is -0.484 e. The summed E-state index contributed by atoms with van der Waals surface area (Å²) in [4.78, 5) is 55.9. The third-order valence-corrected chi connectivity index (χ3v) is 8.13. The van der Waals surface area contributed by atoms with E-state index in [1.807, 2.05) is 46.8 Å². The zero-order valence-corrected chi connectivity index (χ0v) is 32.5. The van der Waals surface area contributed by atoms with Gasteiger partial charge in [-0.3, -0.25) is 24.3 Å². The van der Waals surface area contributed by atoms with Gasteiger partial charge in [-0.1, -0.05) is 13.8 Å². The number of rotatable bonds is 17. The van der Waals surface area contributed by atoms with Gasteiger partial charge in [0.1, 0.15) is 17.4 Å². The van der Waals surface area contributed by atoms with Crippen molar-refractivity contribution < 1.29 is 42.9 Å². The third-order valence-electron chi connectivity index (χ3n) is 8.13. The highest BCUT2D eigenvalue weighted by atomic mass is 16.6. The van der Waals surface area contributed by atoms with Crippen molar-refractivity contribution in [1.82, 2.24) is 25.0 Å². The number of primary amides is 1. The van der Waals surface area contributed by atoms with E-state index in [1.54, 1.807) is 28.1 Å². The predicted molar refractivity (Wildman–Crippen MR) is 203 cm³/mol. The van der Waals surface area contributed by atoms with Crippen LogP contribution >= 0.6 is 0 Å². The smallest absolute Gasteiger partial charge is 0.410 e. The van der Waals surface area contributed by atoms with Crippen molar-refractivity contribution in [1.29, 1.82) is 5.26 Å². The Morgan fingerprint density at radius 2 is 1.63 bits per heavy atom. The zero-order chi connectivity index (χ0) is 39.8. The third kappa shape index (κ3) is 17.1. The maximum Gasteiger partial charge on any atom is 0.410 e. The average molecular weight is 758 g/mol. The van der Waals surface area contributed by atoms with Crippen LogP contribution in [-0.2, 0) is 39.8 Å². The number of benzene rings is 1. The molecule has 0 radical (unpaired) electrons. The number of ether oxygens (including phenoxy) is 5. The topological polar surface area (TPSA) is 199 Å². The molecule has 1 atom stereocenters. The molecule has 16 nitrogen and oxygen atoms in total. The molecular weight excluding hydrogens is 698 g/mol. The van der Waals surface area contributed by atoms with Crippen LogP contribution < -0.4 is 15.8 Å². The van der Waals surface area contributed by atoms with Gasteiger partial charge in [-0.25, -0.2) is 4.79 Å². The first-order chi connectivity index (χ1) is 26.0. The molecule has 2 aromatic rings. The molecule has 54 heavy (non-hydrogen) atoms. The summed E-state index contributed by atoms with van der Waals surface area (Å²) < 4.78 is 27.8. The molecule has 0 spiro atoms. The maximum atomic E-state index is 12.8. The molecule has 2 aliphatic heterocycles. The fourth-order valence-corrected chi connectivity index (χ4v) is 5.57. The molecule has 0 bridgehead atoms. The second-order valence-electron chi connectivity index (χ2n) is 13.1. The Balaban J connectivity index is 0.00000192. The van der Waals surface area contributed by atoms with Gasteiger partial charge in [0.25, 0.3) is 5.91 Å². The number of carbonyl (C=O) groups is 4. The fourth-order valence-electron chi connectivity index (χ4n) is 5.57. The van der Waals surface area contributed by atoms with Crippen molar-refractivity contribution in [2.45, 2.75) is 65.5 Å². The number of pyridine rings is 1. The van der Waals surface area contributed by atoms with Crippen molar-refractivity contribution in [3.63, 3.8) is 0 Å². The number of nitrogens with one attached hydrogen (secondary N) is 1. The molecule has 3 N–H and O–H groups in total. The van der Waals surface area contributed by atoms with Crippen molar-refractivity contribution in [3.8, 4) is 11.8 Å². The molecule has 0 aliphatic carbocycles. The predicted octanol–water partition coefficient (Wildman–Crippen LogP) is 2.52. The number of fused-ring (bicyclic) bond motifs is 1. The Morgan fingerprint density at radius 3 is 2.28 bits per heavy atom. The van der Waals surface area contributed by atoms with Gasteiger partial charge in [-0.2, -0.15) is 5.26 Å². The van der Waals surface area contributed by atoms with Gasteiger partial charge in [-0.05, 0) is 57.4 Å². The van der Waals surface area contributed by atoms with E-state index in [0.29, 0.717) is 77.1 Å². The first-order valence-corrected chi connectivity index (χ1v) is 18.6. The van der Waals surface area contributed by atoms with E-state index in [9.17, 15) is 19.6 Å². The Hall–Kier alpha value is -4.56. The first kappa shape index (κ1) is 45.6. The number of aromatic nitrogens is 1. The van der Waals surface area contributed by atoms with Crippen molar-refractivity contribution in [2.24, 2.45) is 5.73 Å². The normalized spacial score (nSPS) is 15.6. The van der Waals surface area contributed by atoms with Gasteiger partial charge in [0.2, 0.25) is 12.3 Å². The Labute approximate surface area is 319 Å². The molecule has 3 heterocycles. The summed E-state index contributed by atoms with van der Waals surface area (Å²) >= 11 is 0. The summed E-state index contributed by atoms with van der Waals surface area (Å²) in [6.07, 6.45) is 3.40. The second-order valence-corrected chi connectivity index (χ2v) is 13.1. The molecule has 1 unspecified atom stereocenters. The number of nitriles is 1. The second kappa shape index (κ2) is 25.5. The monoisotopic (exact) mass is 757 g/mol. The van der Waals surface area contributed by atoms with Crippen LogP contribution in [0.4, 0.5) is 4.79 Å². The lowest BCUT2D eigenvalue weighted by Crippen LogP contribution is -2.50. The number of hydrogen-bond donors (Lipinski definition) is 2. The van der Waals surface area contributed by atoms with Gasteiger partial charge in [0, 0.05) is 63.5 Å². The maximum absolute atomic E-state index is 12.8. The minimum atomic E-state index is -0.484. The summed E-state index contributed by atoms with van der Waals surface area (Å²) in [6.45, 7) is 16.8. The SMILES string of the molecule is CC.CC(C)(C)OC(=O)N1CCN(CCOCCOCCOCCNC(=O)COc2ccc3c(CC(=O)N4CCCC4C#N)ccnc3c2)CC1.NC=O. The lowest BCUT2D eigenvalue weighted by Gasteiger charge is -2.35. The lowest BCUT2D eigenvalue weighted by atomic mass is 10.1. The van der Waals surface area contributed by atoms with E-state index in [-0.39, 0.29) is 43.4 Å². The Kier molecular flexibility index (Phi) is 21.5. The number of nitrogens with zero attached hydrogens (tertiary/aromatic N) is 5. The molecular formula is C38H59N7O9. The number of carbonyl (C=O) groups excluding carboxylic acids is 4. The first-order valence-electron chi connectivity index (χ1n) is 18.6. The van der Waals surface area contributed by atoms with Gasteiger partial charge < -0.3 is 44.5 Å². The largest absolute Gasteiger partial charge is 0.484 e. The van der Waals surface area contributed by atoms with E-state index >= 15 is 0 Å². The number of hydrogen-bond acceptors (Lipinski definition) is 12. The highest BCUT2D eigenvalue weighted by Crippen LogP contribution is 2.24. The van der Waals surface area contributed by atoms with Crippen LogP contribution in [0.3, 0.4) is 0 Å². The van der Waals surface area contributed by atoms with E-state index in [4.69, 9.17) is 28.5 Å². The molecule has 2 fully saturated rings. The van der Waals surface area contributed by atoms with E-state index in [1.165, 1.54) is 0 Å². The molecule has 2 saturated heterocycles. The number of likely N-dealkylation sites (tertiary alicyclic amines) is 1. The summed E-state index contributed by atoms with van der Waals surface area (Å²) in [5.74, 6) is 0.164. The number of nitrogens with two attached hydrogens (primary N) is 1. The molecule has 2 aliphatic rings. The quantitative estimate of drug-likeness (QED) is 0.177. The Morgan fingerprint density at radius 1 is 0.981 bits per heavy atom. The van der Waals surface area contributed by atoms with Gasteiger partial charge in [-0.15, -0.1) is 0 Å². The summed E-state index contributed by atoms with van der Waals surface area (Å²) in [6, 6.07) is 9.02. The number of piperazine rings is 1. The van der Waals surface area contributed by atoms with E-state index < -0.39 is 5.60 Å². The molecule has 4 amide bonds. The van der Waals surface area contributed by atoms with Crippen LogP contribution in [0.1, 0.15) is 53.0 Å². The molecule has 1 aromatic heterocycles. The van der Waals surface area contributed by atoms with Crippen molar-refractivity contribution in [2.75, 3.05) is 92.1 Å². The number of amides is 4. The molecule has 4 rings (SSSR count). The highest BCUT2D eigenvalue weighted by molar-refractivity contribution is 5.89. The lowest BCUT2D eigenvalue weighted by molar-refractivity contribution is -0.130. The van der Waals surface area contributed by atoms with E-state index in [2.05, 4.69) is 27.0 Å². The fraction of sp³-hybridized carbons (Fsp3) is 0.632. The van der Waals surface area contributed by atoms with Crippen molar-refractivity contribution in [3.05, 3.63) is 36.0 Å². The Bertz CT molecular complexity index is 1470. The van der Waals surface area contributed by atoms with Crippen LogP contribution in [-0.4, -0.2) is 148 Å². The molecule has 16 heteroatoms. The van der Waals surface area contributed by atoms with Crippen LogP contribution in [0, 0.1) is 11.3 Å². The molecule has 1 aromatic carbocycles. The summed E-state index contributed by atoms with van der Waals surface area (Å²) in [7, 11) is 0. The summed E-state index contributed by atoms with van der Waals surface area (Å²) in [5.41, 5.74) is 5.18. The van der Waals surface area contributed by atoms with Crippen LogP contribution in [0.15, 0.2) is 30.5 Å².